The Morgan fingerprint density at radius 2 is 2.11 bits per heavy atom. The molecule has 0 heterocycles. The van der Waals surface area contributed by atoms with Crippen LogP contribution in [0.15, 0.2) is 18.2 Å². The average molecular weight is 250 g/mol. The first kappa shape index (κ1) is 12.8. The number of rotatable bonds is 4. The van der Waals surface area contributed by atoms with Gasteiger partial charge >= 0.3 is 0 Å². The highest BCUT2D eigenvalue weighted by Gasteiger charge is 2.34. The van der Waals surface area contributed by atoms with Crippen LogP contribution in [0.1, 0.15) is 31.2 Å². The molecule has 0 amide bonds. The minimum Gasteiger partial charge on any atom is -0.394 e. The second-order valence-corrected chi connectivity index (χ2v) is 5.05. The number of aliphatic hydroxyl groups excluding tert-OH is 1. The number of hydrogen-bond donors (Lipinski definition) is 2. The molecule has 1 aliphatic carbocycles. The maximum absolute atomic E-state index is 11.0. The summed E-state index contributed by atoms with van der Waals surface area (Å²) in [7, 11) is 0. The van der Waals surface area contributed by atoms with Crippen LogP contribution >= 0.6 is 0 Å². The molecule has 1 aromatic rings. The van der Waals surface area contributed by atoms with E-state index < -0.39 is 0 Å². The quantitative estimate of drug-likeness (QED) is 0.636. The molecule has 98 valence electrons. The highest BCUT2D eigenvalue weighted by Crippen LogP contribution is 2.36. The van der Waals surface area contributed by atoms with Crippen molar-refractivity contribution in [1.29, 1.82) is 0 Å². The first-order chi connectivity index (χ1) is 8.56. The summed E-state index contributed by atoms with van der Waals surface area (Å²) in [6, 6.07) is 5.13. The van der Waals surface area contributed by atoms with E-state index in [4.69, 9.17) is 0 Å². The monoisotopic (exact) mass is 250 g/mol. The predicted octanol–water partition coefficient (Wildman–Crippen LogP) is 2.62. The van der Waals surface area contributed by atoms with Crippen LogP contribution in [0.3, 0.4) is 0 Å². The van der Waals surface area contributed by atoms with Crippen molar-refractivity contribution in [3.63, 3.8) is 0 Å². The van der Waals surface area contributed by atoms with Gasteiger partial charge in [-0.2, -0.15) is 0 Å². The van der Waals surface area contributed by atoms with Crippen molar-refractivity contribution in [3.05, 3.63) is 33.9 Å². The molecule has 5 nitrogen and oxygen atoms in total. The number of anilines is 1. The van der Waals surface area contributed by atoms with Crippen LogP contribution in [0, 0.1) is 17.0 Å². The number of aryl methyl sites for hydroxylation is 1. The molecule has 2 rings (SSSR count). The van der Waals surface area contributed by atoms with Crippen molar-refractivity contribution in [1.82, 2.24) is 0 Å². The molecule has 5 heteroatoms. The van der Waals surface area contributed by atoms with Gasteiger partial charge in [0.15, 0.2) is 0 Å². The molecule has 0 unspecified atom stereocenters. The highest BCUT2D eigenvalue weighted by molar-refractivity contribution is 5.63. The number of benzene rings is 1. The summed E-state index contributed by atoms with van der Waals surface area (Å²) in [4.78, 5) is 10.7. The van der Waals surface area contributed by atoms with Gasteiger partial charge in [-0.05, 0) is 31.4 Å². The third kappa shape index (κ3) is 2.46. The van der Waals surface area contributed by atoms with Crippen LogP contribution in [0.2, 0.25) is 0 Å². The minimum absolute atomic E-state index is 0.0119. The number of hydrogen-bond acceptors (Lipinski definition) is 4. The first-order valence-electron chi connectivity index (χ1n) is 6.20. The highest BCUT2D eigenvalue weighted by atomic mass is 16.6. The zero-order chi connectivity index (χ0) is 13.2. The van der Waals surface area contributed by atoms with Crippen LogP contribution in [0.4, 0.5) is 11.4 Å². The van der Waals surface area contributed by atoms with E-state index in [0.717, 1.165) is 31.2 Å². The van der Waals surface area contributed by atoms with Crippen LogP contribution in [-0.2, 0) is 0 Å². The molecule has 0 bridgehead atoms. The molecule has 0 radical (unpaired) electrons. The van der Waals surface area contributed by atoms with Gasteiger partial charge in [0.1, 0.15) is 5.69 Å². The predicted molar refractivity (Wildman–Crippen MR) is 69.7 cm³/mol. The second-order valence-electron chi connectivity index (χ2n) is 5.05. The fraction of sp³-hybridized carbons (Fsp3) is 0.538. The Morgan fingerprint density at radius 1 is 1.44 bits per heavy atom. The van der Waals surface area contributed by atoms with Crippen molar-refractivity contribution < 1.29 is 10.0 Å². The Hall–Kier alpha value is -1.62. The zero-order valence-corrected chi connectivity index (χ0v) is 10.5. The molecule has 18 heavy (non-hydrogen) atoms. The topological polar surface area (TPSA) is 75.4 Å². The summed E-state index contributed by atoms with van der Waals surface area (Å²) < 4.78 is 0. The summed E-state index contributed by atoms with van der Waals surface area (Å²) >= 11 is 0. The lowest BCUT2D eigenvalue weighted by Gasteiger charge is -2.29. The molecule has 1 saturated carbocycles. The third-order valence-electron chi connectivity index (χ3n) is 3.61. The molecule has 1 aliphatic rings. The van der Waals surface area contributed by atoms with E-state index in [1.807, 2.05) is 13.0 Å². The van der Waals surface area contributed by atoms with E-state index in [-0.39, 0.29) is 22.8 Å². The van der Waals surface area contributed by atoms with Crippen LogP contribution in [0.25, 0.3) is 0 Å². The molecule has 2 N–H and O–H groups in total. The molecule has 0 saturated heterocycles. The van der Waals surface area contributed by atoms with E-state index in [2.05, 4.69) is 5.32 Å². The van der Waals surface area contributed by atoms with Gasteiger partial charge in [0.25, 0.3) is 5.69 Å². The Bertz CT molecular complexity index is 454. The van der Waals surface area contributed by atoms with Gasteiger partial charge in [-0.3, -0.25) is 10.1 Å². The number of nitrogens with zero attached hydrogens (tertiary/aromatic N) is 1. The minimum atomic E-state index is -0.389. The van der Waals surface area contributed by atoms with E-state index in [9.17, 15) is 15.2 Å². The zero-order valence-electron chi connectivity index (χ0n) is 10.5. The molecule has 1 aromatic carbocycles. The Balaban J connectivity index is 2.30. The fourth-order valence-electron chi connectivity index (χ4n) is 2.56. The largest absolute Gasteiger partial charge is 0.394 e. The summed E-state index contributed by atoms with van der Waals surface area (Å²) in [6.45, 7) is 1.84. The second kappa shape index (κ2) is 4.94. The maximum Gasteiger partial charge on any atom is 0.292 e. The normalized spacial score (nSPS) is 17.7. The molecule has 0 aliphatic heterocycles. The van der Waals surface area contributed by atoms with Gasteiger partial charge in [0, 0.05) is 6.07 Å². The van der Waals surface area contributed by atoms with E-state index >= 15 is 0 Å². The average Bonchev–Trinajstić information content (AvgIpc) is 2.80. The van der Waals surface area contributed by atoms with Crippen LogP contribution in [0.5, 0.6) is 0 Å². The Morgan fingerprint density at radius 3 is 2.67 bits per heavy atom. The number of nitro benzene ring substituents is 1. The summed E-state index contributed by atoms with van der Waals surface area (Å²) in [5, 5.41) is 23.8. The van der Waals surface area contributed by atoms with E-state index in [1.54, 1.807) is 12.1 Å². The molecular weight excluding hydrogens is 232 g/mol. The lowest BCUT2D eigenvalue weighted by molar-refractivity contribution is -0.384. The smallest absolute Gasteiger partial charge is 0.292 e. The van der Waals surface area contributed by atoms with Gasteiger partial charge in [-0.25, -0.2) is 0 Å². The first-order valence-corrected chi connectivity index (χ1v) is 6.20. The third-order valence-corrected chi connectivity index (χ3v) is 3.61. The maximum atomic E-state index is 11.0. The Kier molecular flexibility index (Phi) is 3.52. The van der Waals surface area contributed by atoms with E-state index in [0.29, 0.717) is 5.69 Å². The molecule has 1 fully saturated rings. The van der Waals surface area contributed by atoms with Crippen LogP contribution in [-0.4, -0.2) is 22.2 Å². The Labute approximate surface area is 106 Å². The fourth-order valence-corrected chi connectivity index (χ4v) is 2.56. The van der Waals surface area contributed by atoms with Crippen molar-refractivity contribution in [3.8, 4) is 0 Å². The summed E-state index contributed by atoms with van der Waals surface area (Å²) in [5.74, 6) is 0. The van der Waals surface area contributed by atoms with E-state index in [1.165, 1.54) is 0 Å². The molecule has 0 spiro atoms. The van der Waals surface area contributed by atoms with Gasteiger partial charge in [0.05, 0.1) is 17.1 Å². The number of nitro groups is 1. The number of aliphatic hydroxyl groups is 1. The van der Waals surface area contributed by atoms with Crippen molar-refractivity contribution in [2.75, 3.05) is 11.9 Å². The van der Waals surface area contributed by atoms with Crippen molar-refractivity contribution in [2.45, 2.75) is 38.1 Å². The number of nitrogens with one attached hydrogen (secondary N) is 1. The van der Waals surface area contributed by atoms with Crippen molar-refractivity contribution >= 4 is 11.4 Å². The van der Waals surface area contributed by atoms with Gasteiger partial charge in [-0.15, -0.1) is 0 Å². The van der Waals surface area contributed by atoms with Crippen LogP contribution < -0.4 is 5.32 Å². The standard InChI is InChI=1S/C13H18N2O3/c1-10-4-5-11(12(8-10)15(17)18)14-13(9-16)6-2-3-7-13/h4-5,8,14,16H,2-3,6-7,9H2,1H3. The van der Waals surface area contributed by atoms with Crippen molar-refractivity contribution in [2.24, 2.45) is 0 Å². The molecule has 0 aromatic heterocycles. The summed E-state index contributed by atoms with van der Waals surface area (Å²) in [6.07, 6.45) is 3.81. The summed E-state index contributed by atoms with van der Waals surface area (Å²) in [5.41, 5.74) is 1.05. The SMILES string of the molecule is Cc1ccc(NC2(CO)CCCC2)c([N+](=O)[O-])c1. The van der Waals surface area contributed by atoms with Gasteiger partial charge in [-0.1, -0.05) is 18.9 Å². The lowest BCUT2D eigenvalue weighted by Crippen LogP contribution is -2.39. The van der Waals surface area contributed by atoms with Gasteiger partial charge < -0.3 is 10.4 Å². The lowest BCUT2D eigenvalue weighted by atomic mass is 9.98. The molecule has 0 atom stereocenters. The molecular formula is C13H18N2O3. The van der Waals surface area contributed by atoms with Gasteiger partial charge in [0.2, 0.25) is 0 Å².